The second-order valence-corrected chi connectivity index (χ2v) is 14.7. The van der Waals surface area contributed by atoms with Crippen LogP contribution in [0.3, 0.4) is 0 Å². The predicted octanol–water partition coefficient (Wildman–Crippen LogP) is 2.02. The Morgan fingerprint density at radius 2 is 0.567 bits per heavy atom. The van der Waals surface area contributed by atoms with Gasteiger partial charge in [0.2, 0.25) is 0 Å². The van der Waals surface area contributed by atoms with Crippen molar-refractivity contribution in [1.82, 2.24) is 39.9 Å². The number of aliphatic hydroxyl groups excluding tert-OH is 4. The maximum atomic E-state index is 9.83. The number of aromatic nitrogens is 8. The Balaban J connectivity index is 1.41. The molecule has 0 aliphatic carbocycles. The first kappa shape index (κ1) is 38.6. The van der Waals surface area contributed by atoms with Gasteiger partial charge in [-0.05, 0) is 119 Å². The van der Waals surface area contributed by atoms with E-state index in [1.807, 2.05) is 48.5 Å². The molecule has 0 spiro atoms. The minimum absolute atomic E-state index is 0.0173. The van der Waals surface area contributed by atoms with Gasteiger partial charge in [0.15, 0.2) is 0 Å². The number of rotatable bonds is 12. The average molecular weight is 797 g/mol. The fourth-order valence-electron chi connectivity index (χ4n) is 8.11. The molecule has 300 valence electrons. The number of aromatic amines is 4. The first-order valence-electron chi connectivity index (χ1n) is 20.0. The fraction of sp³-hybridized carbons (Fsp3) is 0.167. The van der Waals surface area contributed by atoms with Crippen molar-refractivity contribution in [1.29, 1.82) is 0 Å². The highest BCUT2D eigenvalue weighted by molar-refractivity contribution is 5.84. The van der Waals surface area contributed by atoms with Crippen LogP contribution in [0, 0.1) is 0 Å². The van der Waals surface area contributed by atoms with Crippen LogP contribution in [0.1, 0.15) is 67.8 Å². The third-order valence-electron chi connectivity index (χ3n) is 10.8. The summed E-state index contributed by atoms with van der Waals surface area (Å²) in [7, 11) is 0. The molecule has 8 aromatic heterocycles. The van der Waals surface area contributed by atoms with Gasteiger partial charge in [0, 0.05) is 166 Å². The number of hydrogen-bond acceptors (Lipinski definition) is 8. The molecule has 0 saturated carbocycles. The van der Waals surface area contributed by atoms with Gasteiger partial charge in [-0.15, -0.1) is 0 Å². The maximum absolute atomic E-state index is 9.83. The van der Waals surface area contributed by atoms with Crippen molar-refractivity contribution in [3.63, 3.8) is 0 Å². The monoisotopic (exact) mass is 796 g/mol. The van der Waals surface area contributed by atoms with E-state index in [1.54, 1.807) is 24.8 Å². The normalized spacial score (nSPS) is 12.7. The van der Waals surface area contributed by atoms with E-state index < -0.39 is 0 Å². The van der Waals surface area contributed by atoms with Crippen LogP contribution in [0.15, 0.2) is 122 Å². The maximum Gasteiger partial charge on any atom is 0.0486 e. The molecule has 8 aromatic rings. The Morgan fingerprint density at radius 3 is 0.800 bits per heavy atom. The number of hydrogen-bond donors (Lipinski definition) is 8. The molecule has 0 saturated heterocycles. The van der Waals surface area contributed by atoms with Crippen LogP contribution >= 0.6 is 0 Å². The average Bonchev–Trinajstić information content (AvgIpc) is 4.10. The molecule has 12 nitrogen and oxygen atoms in total. The lowest BCUT2D eigenvalue weighted by Crippen LogP contribution is -2.19. The van der Waals surface area contributed by atoms with Gasteiger partial charge in [0.1, 0.15) is 0 Å². The minimum atomic E-state index is -0.0173. The third kappa shape index (κ3) is 7.68. The molecule has 12 heteroatoms. The standard InChI is InChI=1S/C48H44N8O4/c57-21-13-33-25-29(9-17-49-33)45-37-1-2-38(53-37)46(30-10-18-50-34(26-30)14-22-58)40-5-6-42(55-40)48(32-12-20-52-36(28-32)16-24-60)44-8-7-43(56-44)47(41-4-3-39(45)54-41)31-11-19-51-35(27-31)15-23-59/h1-12,17-20,25-28,53-60H,13-16,21-24H2. The molecule has 0 amide bonds. The molecule has 0 atom stereocenters. The van der Waals surface area contributed by atoms with E-state index in [0.29, 0.717) is 25.7 Å². The zero-order chi connectivity index (χ0) is 41.0. The lowest BCUT2D eigenvalue weighted by Gasteiger charge is -2.11. The van der Waals surface area contributed by atoms with Gasteiger partial charge in [-0.3, -0.25) is 19.9 Å². The van der Waals surface area contributed by atoms with Gasteiger partial charge in [0.05, 0.1) is 0 Å². The molecule has 0 fully saturated rings. The predicted molar refractivity (Wildman–Crippen MR) is 228 cm³/mol. The van der Waals surface area contributed by atoms with Crippen LogP contribution in [0.5, 0.6) is 0 Å². The topological polar surface area (TPSA) is 196 Å². The highest BCUT2D eigenvalue weighted by Gasteiger charge is 2.19. The first-order chi connectivity index (χ1) is 29.5. The van der Waals surface area contributed by atoms with Crippen molar-refractivity contribution in [2.75, 3.05) is 26.4 Å². The van der Waals surface area contributed by atoms with Crippen molar-refractivity contribution >= 4 is 22.3 Å². The van der Waals surface area contributed by atoms with E-state index in [0.717, 1.165) is 111 Å². The minimum Gasteiger partial charge on any atom is -0.396 e. The molecule has 0 unspecified atom stereocenters. The van der Waals surface area contributed by atoms with Crippen LogP contribution in [-0.2, 0) is 25.7 Å². The second-order valence-electron chi connectivity index (χ2n) is 14.7. The van der Waals surface area contributed by atoms with Crippen LogP contribution in [0.25, 0.3) is 22.3 Å². The smallest absolute Gasteiger partial charge is 0.0486 e. The molecule has 9 rings (SSSR count). The SMILES string of the molecule is OCCc1cc(C2=c3ccc([nH]3)=C(c3ccnc(CCO)c3)c3ccc([nH]3)C(c3ccnc(CCO)c3)=c3ccc([nH]3)=C(c3ccnc(CCO)c3)c3ccc2[nH]3)ccn1. The highest BCUT2D eigenvalue weighted by Crippen LogP contribution is 2.28. The molecular formula is C48H44N8O4. The van der Waals surface area contributed by atoms with Crippen LogP contribution in [-0.4, -0.2) is 86.7 Å². The summed E-state index contributed by atoms with van der Waals surface area (Å²) in [6, 6.07) is 32.7. The number of nitrogens with one attached hydrogen (secondary N) is 4. The molecule has 0 aromatic carbocycles. The fourth-order valence-corrected chi connectivity index (χ4v) is 8.11. The van der Waals surface area contributed by atoms with Gasteiger partial charge in [0.25, 0.3) is 0 Å². The molecule has 60 heavy (non-hydrogen) atoms. The van der Waals surface area contributed by atoms with Crippen molar-refractivity contribution in [3.05, 3.63) is 211 Å². The van der Waals surface area contributed by atoms with E-state index in [4.69, 9.17) is 0 Å². The Bertz CT molecular complexity index is 2680. The van der Waals surface area contributed by atoms with Gasteiger partial charge in [-0.25, -0.2) is 0 Å². The zero-order valence-electron chi connectivity index (χ0n) is 32.8. The number of pyridine rings is 4. The molecule has 8 N–H and O–H groups in total. The largest absolute Gasteiger partial charge is 0.396 e. The second kappa shape index (κ2) is 17.1. The van der Waals surface area contributed by atoms with Crippen LogP contribution < -0.4 is 21.4 Å². The zero-order valence-corrected chi connectivity index (χ0v) is 32.8. The summed E-state index contributed by atoms with van der Waals surface area (Å²) in [5, 5.41) is 42.8. The molecule has 1 aliphatic heterocycles. The van der Waals surface area contributed by atoms with Crippen molar-refractivity contribution in [2.24, 2.45) is 0 Å². The first-order valence-corrected chi connectivity index (χ1v) is 20.0. The van der Waals surface area contributed by atoms with Crippen LogP contribution in [0.2, 0.25) is 0 Å². The molecule has 1 aliphatic rings. The van der Waals surface area contributed by atoms with Crippen LogP contribution in [0.4, 0.5) is 0 Å². The Kier molecular flexibility index (Phi) is 11.0. The highest BCUT2D eigenvalue weighted by atomic mass is 16.3. The van der Waals surface area contributed by atoms with E-state index in [9.17, 15) is 20.4 Å². The van der Waals surface area contributed by atoms with Gasteiger partial charge < -0.3 is 40.4 Å². The summed E-state index contributed by atoms with van der Waals surface area (Å²) < 4.78 is 0. The Hall–Kier alpha value is -6.96. The summed E-state index contributed by atoms with van der Waals surface area (Å²) in [6.45, 7) is -0.0693. The van der Waals surface area contributed by atoms with Crippen molar-refractivity contribution in [2.45, 2.75) is 25.7 Å². The van der Waals surface area contributed by atoms with Crippen molar-refractivity contribution < 1.29 is 20.4 Å². The van der Waals surface area contributed by atoms with Gasteiger partial charge in [-0.2, -0.15) is 0 Å². The molecule has 8 bridgehead atoms. The quantitative estimate of drug-likeness (QED) is 0.0920. The molecule has 9 heterocycles. The number of nitrogens with zero attached hydrogens (tertiary/aromatic N) is 4. The summed E-state index contributed by atoms with van der Waals surface area (Å²) in [4.78, 5) is 33.3. The van der Waals surface area contributed by atoms with E-state index in [2.05, 4.69) is 88.4 Å². The Labute approximate surface area is 344 Å². The summed E-state index contributed by atoms with van der Waals surface area (Å²) in [5.74, 6) is 0. The molecular weight excluding hydrogens is 753 g/mol. The lowest BCUT2D eigenvalue weighted by molar-refractivity contribution is 0.298. The van der Waals surface area contributed by atoms with E-state index in [1.165, 1.54) is 0 Å². The summed E-state index contributed by atoms with van der Waals surface area (Å²) in [6.07, 6.45) is 8.79. The molecule has 0 radical (unpaired) electrons. The summed E-state index contributed by atoms with van der Waals surface area (Å²) >= 11 is 0. The van der Waals surface area contributed by atoms with Gasteiger partial charge in [-0.1, -0.05) is 0 Å². The Morgan fingerprint density at radius 1 is 0.317 bits per heavy atom. The summed E-state index contributed by atoms with van der Waals surface area (Å²) in [5.41, 5.74) is 13.9. The van der Waals surface area contributed by atoms with E-state index >= 15 is 0 Å². The number of H-pyrrole nitrogens is 4. The van der Waals surface area contributed by atoms with Gasteiger partial charge >= 0.3 is 0 Å². The lowest BCUT2D eigenvalue weighted by atomic mass is 10.0. The third-order valence-corrected chi connectivity index (χ3v) is 10.8. The van der Waals surface area contributed by atoms with E-state index in [-0.39, 0.29) is 26.4 Å². The van der Waals surface area contributed by atoms with Crippen molar-refractivity contribution in [3.8, 4) is 0 Å². The number of fused-ring (bicyclic) bond motifs is 8. The number of aliphatic hydroxyl groups is 4.